The first-order valence-electron chi connectivity index (χ1n) is 7.11. The number of pyridine rings is 1. The van der Waals surface area contributed by atoms with Crippen molar-refractivity contribution in [1.82, 2.24) is 0 Å². The number of benzene rings is 1. The van der Waals surface area contributed by atoms with Crippen molar-refractivity contribution in [2.45, 2.75) is 18.4 Å². The van der Waals surface area contributed by atoms with Gasteiger partial charge in [0, 0.05) is 15.6 Å². The van der Waals surface area contributed by atoms with Gasteiger partial charge in [-0.1, -0.05) is 46.7 Å². The summed E-state index contributed by atoms with van der Waals surface area (Å²) >= 11 is 4.54. The fraction of sp³-hybridized carbons (Fsp3) is 0.176. The van der Waals surface area contributed by atoms with E-state index in [4.69, 9.17) is 5.73 Å². The molecule has 0 aliphatic heterocycles. The second kappa shape index (κ2) is 7.96. The van der Waals surface area contributed by atoms with E-state index in [1.807, 2.05) is 13.0 Å². The maximum absolute atomic E-state index is 12.3. The number of halogens is 1. The molecular weight excluding hydrogens is 388 g/mol. The predicted molar refractivity (Wildman–Crippen MR) is 95.4 cm³/mol. The Morgan fingerprint density at radius 3 is 2.42 bits per heavy atom. The van der Waals surface area contributed by atoms with Gasteiger partial charge in [0.05, 0.1) is 5.75 Å². The lowest BCUT2D eigenvalue weighted by molar-refractivity contribution is -0.410. The van der Waals surface area contributed by atoms with Crippen LogP contribution in [0.1, 0.15) is 34.0 Å². The van der Waals surface area contributed by atoms with Crippen LogP contribution in [0.2, 0.25) is 0 Å². The van der Waals surface area contributed by atoms with Crippen molar-refractivity contribution >= 4 is 39.3 Å². The Bertz CT molecular complexity index is 866. The number of nitrogens with two attached hydrogens (primary N) is 1. The van der Waals surface area contributed by atoms with Crippen molar-refractivity contribution in [1.29, 1.82) is 10.5 Å². The molecule has 120 valence electrons. The Kier molecular flexibility index (Phi) is 5.97. The highest BCUT2D eigenvalue weighted by Crippen LogP contribution is 2.26. The van der Waals surface area contributed by atoms with Crippen LogP contribution in [0, 0.1) is 22.7 Å². The summed E-state index contributed by atoms with van der Waals surface area (Å²) in [6.07, 6.45) is 0.513. The molecule has 0 aliphatic carbocycles. The Hall–Kier alpha value is -2.35. The Labute approximate surface area is 152 Å². The number of hydrogen-bond donors (Lipinski definition) is 1. The third kappa shape index (κ3) is 3.76. The molecular formula is C17H14BrN4OS+. The van der Waals surface area contributed by atoms with Gasteiger partial charge < -0.3 is 0 Å². The molecule has 1 heterocycles. The highest BCUT2D eigenvalue weighted by atomic mass is 79.9. The quantitative estimate of drug-likeness (QED) is 0.611. The van der Waals surface area contributed by atoms with E-state index in [1.165, 1.54) is 11.8 Å². The number of Topliss-reactive ketones (excluding diaryl/α,β-unsaturated/α-hetero) is 1. The van der Waals surface area contributed by atoms with Crippen molar-refractivity contribution in [3.05, 3.63) is 51.0 Å². The van der Waals surface area contributed by atoms with E-state index in [0.29, 0.717) is 28.1 Å². The largest absolute Gasteiger partial charge is 0.293 e. The van der Waals surface area contributed by atoms with Crippen molar-refractivity contribution in [2.75, 3.05) is 11.5 Å². The molecule has 0 aliphatic rings. The molecule has 2 rings (SSSR count). The van der Waals surface area contributed by atoms with Crippen LogP contribution in [0.4, 0.5) is 5.82 Å². The lowest BCUT2D eigenvalue weighted by Crippen LogP contribution is -2.20. The van der Waals surface area contributed by atoms with Crippen molar-refractivity contribution in [2.24, 2.45) is 0 Å². The summed E-state index contributed by atoms with van der Waals surface area (Å²) in [6.45, 7) is 1.86. The van der Waals surface area contributed by atoms with Crippen molar-refractivity contribution in [3.8, 4) is 12.1 Å². The Morgan fingerprint density at radius 2 is 1.88 bits per heavy atom. The average Bonchev–Trinajstić information content (AvgIpc) is 2.59. The summed E-state index contributed by atoms with van der Waals surface area (Å²) < 4.78 is 0.902. The summed E-state index contributed by atoms with van der Waals surface area (Å²) in [6, 6.07) is 11.2. The second-order valence-corrected chi connectivity index (χ2v) is 6.79. The van der Waals surface area contributed by atoms with E-state index in [1.54, 1.807) is 24.3 Å². The lowest BCUT2D eigenvalue weighted by atomic mass is 10.0. The number of carbonyl (C=O) groups excluding carboxylic acids is 1. The van der Waals surface area contributed by atoms with Gasteiger partial charge in [0.1, 0.15) is 23.3 Å². The zero-order valence-corrected chi connectivity index (χ0v) is 15.3. The summed E-state index contributed by atoms with van der Waals surface area (Å²) in [5.41, 5.74) is 7.74. The van der Waals surface area contributed by atoms with Crippen LogP contribution in [0.15, 0.2) is 33.8 Å². The van der Waals surface area contributed by atoms with E-state index in [-0.39, 0.29) is 22.9 Å². The number of ketones is 1. The number of H-pyrrole nitrogens is 1. The molecule has 0 fully saturated rings. The molecule has 0 bridgehead atoms. The third-order valence-corrected chi connectivity index (χ3v) is 4.97. The van der Waals surface area contributed by atoms with Gasteiger partial charge in [0.25, 0.3) is 5.82 Å². The molecule has 0 saturated heterocycles. The molecule has 0 spiro atoms. The summed E-state index contributed by atoms with van der Waals surface area (Å²) in [5, 5.41) is 19.1. The predicted octanol–water partition coefficient (Wildman–Crippen LogP) is 3.13. The number of aromatic nitrogens is 1. The number of nitriles is 2. The highest BCUT2D eigenvalue weighted by molar-refractivity contribution is 9.10. The van der Waals surface area contributed by atoms with Crippen molar-refractivity contribution < 1.29 is 9.78 Å². The fourth-order valence-electron chi connectivity index (χ4n) is 2.24. The molecule has 0 saturated carbocycles. The van der Waals surface area contributed by atoms with Gasteiger partial charge in [0.15, 0.2) is 10.8 Å². The van der Waals surface area contributed by atoms with Crippen LogP contribution >= 0.6 is 27.7 Å². The van der Waals surface area contributed by atoms with Crippen LogP contribution < -0.4 is 10.7 Å². The molecule has 24 heavy (non-hydrogen) atoms. The number of rotatable bonds is 5. The van der Waals surface area contributed by atoms with Crippen LogP contribution in [-0.4, -0.2) is 11.5 Å². The number of nitrogen functional groups attached to an aromatic ring is 1. The molecule has 0 amide bonds. The van der Waals surface area contributed by atoms with E-state index < -0.39 is 0 Å². The van der Waals surface area contributed by atoms with Gasteiger partial charge in [-0.3, -0.25) is 10.5 Å². The average molecular weight is 402 g/mol. The summed E-state index contributed by atoms with van der Waals surface area (Å²) in [5.74, 6) is 0.333. The smallest absolute Gasteiger partial charge is 0.289 e. The maximum Gasteiger partial charge on any atom is 0.289 e. The van der Waals surface area contributed by atoms with Gasteiger partial charge in [0.2, 0.25) is 0 Å². The van der Waals surface area contributed by atoms with Gasteiger partial charge in [-0.25, -0.2) is 4.98 Å². The lowest BCUT2D eigenvalue weighted by Gasteiger charge is -2.08. The molecule has 7 heteroatoms. The second-order valence-electron chi connectivity index (χ2n) is 4.89. The van der Waals surface area contributed by atoms with E-state index >= 15 is 0 Å². The number of nitrogens with zero attached hydrogens (tertiary/aromatic N) is 2. The first-order chi connectivity index (χ1) is 11.5. The SMILES string of the molecule is CCc1c(C#N)c(N)[nH+]c(SCC(=O)c2ccc(Br)cc2)c1C#N. The molecule has 1 aromatic carbocycles. The molecule has 0 unspecified atom stereocenters. The van der Waals surface area contributed by atoms with E-state index in [2.05, 4.69) is 27.0 Å². The molecule has 2 aromatic rings. The number of aromatic amines is 1. The third-order valence-electron chi connectivity index (χ3n) is 3.44. The van der Waals surface area contributed by atoms with Gasteiger partial charge >= 0.3 is 0 Å². The van der Waals surface area contributed by atoms with Gasteiger partial charge in [-0.15, -0.1) is 0 Å². The van der Waals surface area contributed by atoms with Crippen LogP contribution in [0.5, 0.6) is 0 Å². The van der Waals surface area contributed by atoms with Crippen LogP contribution in [0.3, 0.4) is 0 Å². The minimum Gasteiger partial charge on any atom is -0.293 e. The normalized spacial score (nSPS) is 10.0. The molecule has 1 aromatic heterocycles. The monoisotopic (exact) mass is 401 g/mol. The minimum atomic E-state index is -0.0502. The van der Waals surface area contributed by atoms with Crippen LogP contribution in [-0.2, 0) is 6.42 Å². The Balaban J connectivity index is 2.29. The van der Waals surface area contributed by atoms with Crippen LogP contribution in [0.25, 0.3) is 0 Å². The standard InChI is InChI=1S/C17H13BrN4OS/c1-2-12-13(7-19)16(21)22-17(14(12)8-20)24-9-15(23)10-3-5-11(18)6-4-10/h3-6H,2,9H2,1H3,(H2,21,22)/p+1. The molecule has 0 radical (unpaired) electrons. The summed E-state index contributed by atoms with van der Waals surface area (Å²) in [7, 11) is 0. The number of carbonyl (C=O) groups is 1. The Morgan fingerprint density at radius 1 is 1.25 bits per heavy atom. The molecule has 0 atom stereocenters. The van der Waals surface area contributed by atoms with Crippen molar-refractivity contribution in [3.63, 3.8) is 0 Å². The topological polar surface area (TPSA) is 105 Å². The minimum absolute atomic E-state index is 0.0502. The number of anilines is 1. The zero-order valence-electron chi connectivity index (χ0n) is 12.9. The summed E-state index contributed by atoms with van der Waals surface area (Å²) in [4.78, 5) is 15.1. The van der Waals surface area contributed by atoms with E-state index in [9.17, 15) is 15.3 Å². The van der Waals surface area contributed by atoms with E-state index in [0.717, 1.165) is 4.47 Å². The van der Waals surface area contributed by atoms with Gasteiger partial charge in [-0.05, 0) is 18.6 Å². The first kappa shape index (κ1) is 18.0. The zero-order chi connectivity index (χ0) is 17.7. The number of thioether (sulfide) groups is 1. The molecule has 5 nitrogen and oxygen atoms in total. The first-order valence-corrected chi connectivity index (χ1v) is 8.89. The maximum atomic E-state index is 12.3. The number of hydrogen-bond acceptors (Lipinski definition) is 5. The van der Waals surface area contributed by atoms with Gasteiger partial charge in [-0.2, -0.15) is 10.5 Å². The highest BCUT2D eigenvalue weighted by Gasteiger charge is 2.22. The molecule has 3 N–H and O–H groups in total. The number of nitrogens with one attached hydrogen (secondary N) is 1. The fourth-order valence-corrected chi connectivity index (χ4v) is 3.44.